The minimum atomic E-state index is -2.91. The molecule has 106 valence electrons. The zero-order chi connectivity index (χ0) is 23.4. The molecule has 0 radical (unpaired) electrons. The maximum atomic E-state index is 13.0. The van der Waals surface area contributed by atoms with Gasteiger partial charge in [0.2, 0.25) is 11.4 Å². The van der Waals surface area contributed by atoms with Crippen LogP contribution in [0.2, 0.25) is 0 Å². The lowest BCUT2D eigenvalue weighted by atomic mass is 10.1. The normalized spacial score (nSPS) is 29.8. The monoisotopic (exact) mass is 290 g/mol. The highest BCUT2D eigenvalue weighted by atomic mass is 16.2. The molecule has 4 nitrogen and oxygen atoms in total. The highest BCUT2D eigenvalue weighted by Crippen LogP contribution is 2.22. The number of carbonyl (C=O) groups is 1. The Balaban J connectivity index is 2.09. The molecule has 1 atom stereocenters. The number of amidine groups is 1. The maximum Gasteiger partial charge on any atom is 0.308 e. The number of amides is 1. The third-order valence-electron chi connectivity index (χ3n) is 2.87. The zero-order valence-corrected chi connectivity index (χ0v) is 10.8. The Labute approximate surface area is 138 Å². The van der Waals surface area contributed by atoms with Crippen LogP contribution in [-0.2, 0) is 11.3 Å². The fourth-order valence-corrected chi connectivity index (χ4v) is 1.91. The van der Waals surface area contributed by atoms with Gasteiger partial charge in [-0.3, -0.25) is 4.79 Å². The molecule has 4 heteroatoms. The van der Waals surface area contributed by atoms with E-state index >= 15 is 0 Å². The molecule has 0 aromatic heterocycles. The number of hydrogen-bond donors (Lipinski definition) is 1. The number of fused-ring (bicyclic) bond motifs is 1. The Morgan fingerprint density at radius 1 is 1.52 bits per heavy atom. The van der Waals surface area contributed by atoms with Crippen LogP contribution in [0.15, 0.2) is 58.3 Å². The lowest BCUT2D eigenvalue weighted by Gasteiger charge is -2.09. The van der Waals surface area contributed by atoms with E-state index in [4.69, 9.17) is 13.7 Å². The number of nitrogens with zero attached hydrogens (tertiary/aromatic N) is 2. The van der Waals surface area contributed by atoms with Crippen molar-refractivity contribution in [2.24, 2.45) is 4.99 Å². The van der Waals surface area contributed by atoms with E-state index in [1.54, 1.807) is 18.2 Å². The Morgan fingerprint density at radius 3 is 3.14 bits per heavy atom. The Bertz CT molecular complexity index is 1050. The minimum absolute atomic E-state index is 0.116. The van der Waals surface area contributed by atoms with Crippen LogP contribution < -0.4 is 5.32 Å². The number of benzene rings is 1. The van der Waals surface area contributed by atoms with E-state index in [1.165, 1.54) is 12.1 Å². The third-order valence-corrected chi connectivity index (χ3v) is 2.87. The first-order chi connectivity index (χ1) is 14.1. The van der Waals surface area contributed by atoms with Gasteiger partial charge in [0.15, 0.2) is 0 Å². The van der Waals surface area contributed by atoms with Crippen molar-refractivity contribution < 1.29 is 23.1 Å². The molecule has 21 heavy (non-hydrogen) atoms. The molecule has 0 saturated heterocycles. The molecule has 0 fully saturated rings. The number of nitrogens with one attached hydrogen (secondary N) is 1. The van der Waals surface area contributed by atoms with Crippen LogP contribution >= 0.6 is 0 Å². The SMILES string of the molecule is [2H]C1=C(C([2H])([2H])[2H])C([2H])C2=NC(C([2H])([2H])[2H])=C(C(=O)NC([2H])([2H])c3ccccc3)[N+]2=C1. The summed E-state index contributed by atoms with van der Waals surface area (Å²) in [5.74, 6) is -1.48. The van der Waals surface area contributed by atoms with Crippen molar-refractivity contribution in [2.75, 3.05) is 0 Å². The van der Waals surface area contributed by atoms with Gasteiger partial charge in [0.1, 0.15) is 0 Å². The number of hydrogen-bond acceptors (Lipinski definition) is 2. The number of rotatable bonds is 3. The smallest absolute Gasteiger partial charge is 0.308 e. The summed E-state index contributed by atoms with van der Waals surface area (Å²) in [7, 11) is 0. The van der Waals surface area contributed by atoms with Crippen molar-refractivity contribution in [2.45, 2.75) is 26.6 Å². The summed E-state index contributed by atoms with van der Waals surface area (Å²) < 4.78 is 79.2. The van der Waals surface area contributed by atoms with Crippen molar-refractivity contribution in [3.63, 3.8) is 0 Å². The molecule has 0 bridgehead atoms. The van der Waals surface area contributed by atoms with E-state index in [1.807, 2.05) is 0 Å². The first kappa shape index (κ1) is 6.10. The minimum Gasteiger partial charge on any atom is -0.345 e. The van der Waals surface area contributed by atoms with Crippen LogP contribution in [-0.4, -0.2) is 22.5 Å². The van der Waals surface area contributed by atoms with Crippen molar-refractivity contribution in [1.29, 1.82) is 0 Å². The van der Waals surface area contributed by atoms with Gasteiger partial charge in [-0.2, -0.15) is 4.58 Å². The van der Waals surface area contributed by atoms with Crippen LogP contribution in [0.3, 0.4) is 0 Å². The average molecular weight is 290 g/mol. The topological polar surface area (TPSA) is 44.5 Å². The molecular formula is C17H18N3O+. The predicted octanol–water partition coefficient (Wildman–Crippen LogP) is 2.38. The molecule has 1 N–H and O–H groups in total. The second-order valence-corrected chi connectivity index (χ2v) is 4.31. The fourth-order valence-electron chi connectivity index (χ4n) is 1.91. The van der Waals surface area contributed by atoms with Gasteiger partial charge in [-0.1, -0.05) is 35.9 Å². The van der Waals surface area contributed by atoms with Gasteiger partial charge in [-0.05, 0) is 23.5 Å². The summed E-state index contributed by atoms with van der Waals surface area (Å²) >= 11 is 0. The largest absolute Gasteiger partial charge is 0.345 e. The summed E-state index contributed by atoms with van der Waals surface area (Å²) in [5, 5.41) is 2.12. The highest BCUT2D eigenvalue weighted by Gasteiger charge is 2.36. The molecule has 2 heterocycles. The first-order valence-electron chi connectivity index (χ1n) is 11.2. The van der Waals surface area contributed by atoms with Crippen LogP contribution in [0.4, 0.5) is 0 Å². The van der Waals surface area contributed by atoms with Crippen LogP contribution in [0.5, 0.6) is 0 Å². The molecule has 0 aliphatic carbocycles. The number of allylic oxidation sites excluding steroid dienone is 2. The summed E-state index contributed by atoms with van der Waals surface area (Å²) in [6.45, 7) is -8.06. The van der Waals surface area contributed by atoms with Gasteiger partial charge >= 0.3 is 5.84 Å². The Morgan fingerprint density at radius 2 is 2.38 bits per heavy atom. The van der Waals surface area contributed by atoms with Crippen molar-refractivity contribution >= 4 is 18.0 Å². The van der Waals surface area contributed by atoms with Gasteiger partial charge in [-0.15, -0.1) is 0 Å². The van der Waals surface area contributed by atoms with Gasteiger partial charge < -0.3 is 5.32 Å². The summed E-state index contributed by atoms with van der Waals surface area (Å²) in [6, 6.07) is 7.11. The molecule has 2 aliphatic heterocycles. The van der Waals surface area contributed by atoms with E-state index in [2.05, 4.69) is 10.3 Å². The summed E-state index contributed by atoms with van der Waals surface area (Å²) in [4.78, 5) is 16.9. The van der Waals surface area contributed by atoms with E-state index in [0.29, 0.717) is 0 Å². The second-order valence-electron chi connectivity index (χ2n) is 4.31. The van der Waals surface area contributed by atoms with E-state index in [-0.39, 0.29) is 11.4 Å². The van der Waals surface area contributed by atoms with Gasteiger partial charge in [0.25, 0.3) is 5.91 Å². The molecule has 3 rings (SSSR count). The van der Waals surface area contributed by atoms with Crippen LogP contribution in [0.1, 0.15) is 39.4 Å². The molecule has 1 amide bonds. The molecule has 1 unspecified atom stereocenters. The Kier molecular flexibility index (Phi) is 1.59. The molecule has 0 spiro atoms. The van der Waals surface area contributed by atoms with Crippen LogP contribution in [0, 0.1) is 0 Å². The van der Waals surface area contributed by atoms with Crippen molar-refractivity contribution in [1.82, 2.24) is 5.32 Å². The Hall–Kier alpha value is -2.49. The van der Waals surface area contributed by atoms with E-state index in [0.717, 1.165) is 10.8 Å². The molecule has 1 aromatic rings. The van der Waals surface area contributed by atoms with Crippen LogP contribution in [0.25, 0.3) is 0 Å². The molecular weight excluding hydrogens is 262 g/mol. The van der Waals surface area contributed by atoms with Gasteiger partial charge in [-0.25, -0.2) is 0 Å². The molecule has 0 saturated carbocycles. The van der Waals surface area contributed by atoms with Gasteiger partial charge in [0, 0.05) is 22.9 Å². The maximum absolute atomic E-state index is 13.0. The second kappa shape index (κ2) is 5.48. The molecule has 1 aromatic carbocycles. The summed E-state index contributed by atoms with van der Waals surface area (Å²) in [6.07, 6.45) is -0.782. The predicted molar refractivity (Wildman–Crippen MR) is 83.1 cm³/mol. The van der Waals surface area contributed by atoms with E-state index in [9.17, 15) is 4.79 Å². The fraction of sp³-hybridized carbons (Fsp3) is 0.235. The first-order valence-corrected chi connectivity index (χ1v) is 6.13. The van der Waals surface area contributed by atoms with E-state index < -0.39 is 55.5 Å². The standard InChI is InChI=1S/C17H17N3O/c1-12-8-9-20-15(10-12)19-13(2)16(20)17(21)18-11-14-6-4-3-5-7-14/h3-9H,10-11H2,1-2H3/p+1/i1D3,2D3,8D,10D,11D2. The molecule has 2 aliphatic rings. The van der Waals surface area contributed by atoms with Gasteiger partial charge in [0.05, 0.1) is 16.7 Å². The average Bonchev–Trinajstić information content (AvgIpc) is 3.01. The lowest BCUT2D eigenvalue weighted by Crippen LogP contribution is -2.32. The number of carbonyl (C=O) groups excluding carboxylic acids is 1. The quantitative estimate of drug-likeness (QED) is 0.854. The van der Waals surface area contributed by atoms with Crippen molar-refractivity contribution in [3.05, 3.63) is 58.9 Å². The highest BCUT2D eigenvalue weighted by molar-refractivity contribution is 5.99. The van der Waals surface area contributed by atoms with Crippen molar-refractivity contribution in [3.8, 4) is 0 Å². The third kappa shape index (κ3) is 2.70. The zero-order valence-electron chi connectivity index (χ0n) is 20.8. The lowest BCUT2D eigenvalue weighted by molar-refractivity contribution is -0.337. The number of aliphatic imine (C=N–C) groups is 1. The summed E-state index contributed by atoms with van der Waals surface area (Å²) in [5.41, 5.74) is -1.72.